The van der Waals surface area contributed by atoms with Crippen LogP contribution in [0.25, 0.3) is 17.0 Å². The van der Waals surface area contributed by atoms with E-state index in [1.807, 2.05) is 29.0 Å². The Bertz CT molecular complexity index is 1500. The lowest BCUT2D eigenvalue weighted by atomic mass is 10.1. The molecule has 0 radical (unpaired) electrons. The number of fused-ring (bicyclic) bond motifs is 1. The van der Waals surface area contributed by atoms with Crippen LogP contribution in [0.4, 0.5) is 9.18 Å². The molecule has 0 aliphatic carbocycles. The molecule has 1 aliphatic heterocycles. The van der Waals surface area contributed by atoms with Gasteiger partial charge in [0.05, 0.1) is 18.0 Å². The summed E-state index contributed by atoms with van der Waals surface area (Å²) in [4.78, 5) is 27.3. The summed E-state index contributed by atoms with van der Waals surface area (Å²) in [6, 6.07) is 17.4. The second-order valence-electron chi connectivity index (χ2n) is 7.97. The predicted octanol–water partition coefficient (Wildman–Crippen LogP) is 8.13. The van der Waals surface area contributed by atoms with Crippen LogP contribution < -0.4 is 0 Å². The van der Waals surface area contributed by atoms with Gasteiger partial charge in [-0.05, 0) is 65.9 Å². The van der Waals surface area contributed by atoms with Gasteiger partial charge in [0, 0.05) is 42.7 Å². The molecule has 2 amide bonds. The zero-order valence-corrected chi connectivity index (χ0v) is 21.9. The van der Waals surface area contributed by atoms with E-state index < -0.39 is 0 Å². The molecule has 0 bridgehead atoms. The number of aromatic nitrogens is 1. The van der Waals surface area contributed by atoms with Crippen molar-refractivity contribution in [2.75, 3.05) is 0 Å². The molecule has 0 atom stereocenters. The molecular weight excluding hydrogens is 574 g/mol. The zero-order valence-electron chi connectivity index (χ0n) is 18.0. The summed E-state index contributed by atoms with van der Waals surface area (Å²) in [5, 5.41) is 1.45. The zero-order chi connectivity index (χ0) is 24.7. The molecule has 4 nitrogen and oxygen atoms in total. The Hall–Kier alpha value is -2.58. The molecule has 1 aliphatic rings. The van der Waals surface area contributed by atoms with E-state index in [1.54, 1.807) is 42.5 Å². The Balaban J connectivity index is 1.50. The minimum absolute atomic E-state index is 0.165. The highest BCUT2D eigenvalue weighted by molar-refractivity contribution is 9.10. The molecule has 176 valence electrons. The fourth-order valence-electron chi connectivity index (χ4n) is 3.95. The molecule has 1 aromatic heterocycles. The number of carbonyl (C=O) groups excluding carboxylic acids is 2. The second-order valence-corrected chi connectivity index (χ2v) is 10.7. The summed E-state index contributed by atoms with van der Waals surface area (Å²) in [6.07, 6.45) is 3.55. The van der Waals surface area contributed by atoms with Crippen molar-refractivity contribution < 1.29 is 14.0 Å². The average molecular weight is 590 g/mol. The molecule has 1 fully saturated rings. The first-order valence-electron chi connectivity index (χ1n) is 10.5. The summed E-state index contributed by atoms with van der Waals surface area (Å²) in [7, 11) is 0. The minimum atomic E-state index is -0.388. The van der Waals surface area contributed by atoms with Crippen LogP contribution >= 0.6 is 50.9 Å². The number of thioether (sulfide) groups is 1. The molecule has 0 N–H and O–H groups in total. The monoisotopic (exact) mass is 588 g/mol. The van der Waals surface area contributed by atoms with Gasteiger partial charge >= 0.3 is 0 Å². The van der Waals surface area contributed by atoms with Crippen LogP contribution in [0.5, 0.6) is 0 Å². The van der Waals surface area contributed by atoms with E-state index in [9.17, 15) is 14.0 Å². The third-order valence-electron chi connectivity index (χ3n) is 5.68. The smallest absolute Gasteiger partial charge is 0.293 e. The van der Waals surface area contributed by atoms with Gasteiger partial charge in [-0.3, -0.25) is 14.5 Å². The first kappa shape index (κ1) is 24.1. The predicted molar refractivity (Wildman–Crippen MR) is 143 cm³/mol. The Morgan fingerprint density at radius 1 is 1.00 bits per heavy atom. The van der Waals surface area contributed by atoms with E-state index in [-0.39, 0.29) is 30.1 Å². The number of halogens is 4. The summed E-state index contributed by atoms with van der Waals surface area (Å²) >= 11 is 16.6. The van der Waals surface area contributed by atoms with Gasteiger partial charge in [0.25, 0.3) is 11.1 Å². The summed E-state index contributed by atoms with van der Waals surface area (Å²) in [6.45, 7) is 0.383. The van der Waals surface area contributed by atoms with Crippen molar-refractivity contribution in [2.45, 2.75) is 13.1 Å². The highest BCUT2D eigenvalue weighted by Gasteiger charge is 2.35. The number of rotatable bonds is 5. The number of hydrogen-bond donors (Lipinski definition) is 0. The third kappa shape index (κ3) is 4.91. The van der Waals surface area contributed by atoms with Gasteiger partial charge in [-0.25, -0.2) is 4.39 Å². The largest absolute Gasteiger partial charge is 0.342 e. The highest BCUT2D eigenvalue weighted by Crippen LogP contribution is 2.36. The average Bonchev–Trinajstić information content (AvgIpc) is 3.29. The Labute approximate surface area is 223 Å². The van der Waals surface area contributed by atoms with Gasteiger partial charge in [0.15, 0.2) is 0 Å². The molecule has 3 aromatic carbocycles. The van der Waals surface area contributed by atoms with Crippen LogP contribution in [-0.4, -0.2) is 20.6 Å². The number of benzene rings is 3. The number of imide groups is 1. The second kappa shape index (κ2) is 9.82. The molecule has 1 saturated heterocycles. The molecule has 2 heterocycles. The highest BCUT2D eigenvalue weighted by atomic mass is 79.9. The number of amides is 2. The van der Waals surface area contributed by atoms with Crippen LogP contribution in [0.15, 0.2) is 76.2 Å². The van der Waals surface area contributed by atoms with Crippen molar-refractivity contribution in [1.82, 2.24) is 9.47 Å². The van der Waals surface area contributed by atoms with Gasteiger partial charge < -0.3 is 4.57 Å². The first-order valence-corrected chi connectivity index (χ1v) is 12.9. The van der Waals surface area contributed by atoms with E-state index in [1.165, 1.54) is 11.0 Å². The van der Waals surface area contributed by atoms with Crippen LogP contribution in [0.2, 0.25) is 10.0 Å². The summed E-state index contributed by atoms with van der Waals surface area (Å²) in [5.74, 6) is -0.746. The Kier molecular flexibility index (Phi) is 6.77. The lowest BCUT2D eigenvalue weighted by molar-refractivity contribution is -0.123. The lowest BCUT2D eigenvalue weighted by Gasteiger charge is -2.12. The molecular formula is C26H16BrCl2FN2O2S. The van der Waals surface area contributed by atoms with E-state index in [0.29, 0.717) is 20.5 Å². The first-order chi connectivity index (χ1) is 16.8. The molecule has 0 unspecified atom stereocenters. The van der Waals surface area contributed by atoms with Crippen molar-refractivity contribution in [3.63, 3.8) is 0 Å². The van der Waals surface area contributed by atoms with Gasteiger partial charge in [-0.2, -0.15) is 0 Å². The maximum atomic E-state index is 14.5. The van der Waals surface area contributed by atoms with E-state index in [2.05, 4.69) is 15.9 Å². The van der Waals surface area contributed by atoms with Crippen molar-refractivity contribution in [2.24, 2.45) is 0 Å². The quantitative estimate of drug-likeness (QED) is 0.221. The normalized spacial score (nSPS) is 15.1. The van der Waals surface area contributed by atoms with Crippen molar-refractivity contribution in [1.29, 1.82) is 0 Å². The molecule has 5 rings (SSSR count). The van der Waals surface area contributed by atoms with Crippen molar-refractivity contribution >= 4 is 79.0 Å². The van der Waals surface area contributed by atoms with Crippen molar-refractivity contribution in [3.05, 3.63) is 109 Å². The van der Waals surface area contributed by atoms with Crippen LogP contribution in [0.3, 0.4) is 0 Å². The third-order valence-corrected chi connectivity index (χ3v) is 7.68. The molecule has 0 spiro atoms. The summed E-state index contributed by atoms with van der Waals surface area (Å²) < 4.78 is 17.2. The Morgan fingerprint density at radius 3 is 2.51 bits per heavy atom. The Morgan fingerprint density at radius 2 is 1.77 bits per heavy atom. The van der Waals surface area contributed by atoms with E-state index in [4.69, 9.17) is 23.2 Å². The van der Waals surface area contributed by atoms with Gasteiger partial charge in [-0.1, -0.05) is 57.3 Å². The number of hydrogen-bond acceptors (Lipinski definition) is 3. The SMILES string of the molecule is O=C1S/C(=C\c2cn(Cc3c(F)cccc3Cl)c3ccc(Br)cc23)C(=O)N1Cc1ccc(Cl)cc1. The van der Waals surface area contributed by atoms with Crippen LogP contribution in [-0.2, 0) is 17.9 Å². The van der Waals surface area contributed by atoms with E-state index in [0.717, 1.165) is 38.3 Å². The molecule has 4 aromatic rings. The molecule has 35 heavy (non-hydrogen) atoms. The van der Waals surface area contributed by atoms with Crippen LogP contribution in [0.1, 0.15) is 16.7 Å². The standard InChI is InChI=1S/C26H16BrCl2FN2O2S/c27-17-6-9-23-19(11-17)16(13-31(23)14-20-21(29)2-1-3-22(20)30)10-24-25(33)32(26(34)35-24)12-15-4-7-18(28)8-5-15/h1-11,13H,12,14H2/b24-10-. The number of carbonyl (C=O) groups is 2. The summed E-state index contributed by atoms with van der Waals surface area (Å²) in [5.41, 5.74) is 2.77. The maximum absolute atomic E-state index is 14.5. The molecule has 9 heteroatoms. The molecule has 0 saturated carbocycles. The number of nitrogens with zero attached hydrogens (tertiary/aromatic N) is 2. The topological polar surface area (TPSA) is 42.3 Å². The van der Waals surface area contributed by atoms with Gasteiger partial charge in [0.2, 0.25) is 0 Å². The lowest BCUT2D eigenvalue weighted by Crippen LogP contribution is -2.27. The van der Waals surface area contributed by atoms with Crippen LogP contribution in [0, 0.1) is 5.82 Å². The van der Waals surface area contributed by atoms with Gasteiger partial charge in [-0.15, -0.1) is 0 Å². The maximum Gasteiger partial charge on any atom is 0.293 e. The minimum Gasteiger partial charge on any atom is -0.342 e. The fourth-order valence-corrected chi connectivity index (χ4v) is 5.49. The van der Waals surface area contributed by atoms with Gasteiger partial charge in [0.1, 0.15) is 5.82 Å². The fraction of sp³-hybridized carbons (Fsp3) is 0.0769. The van der Waals surface area contributed by atoms with E-state index >= 15 is 0 Å². The van der Waals surface area contributed by atoms with Crippen molar-refractivity contribution in [3.8, 4) is 0 Å².